The van der Waals surface area contributed by atoms with Gasteiger partial charge in [0.2, 0.25) is 0 Å². The summed E-state index contributed by atoms with van der Waals surface area (Å²) in [6.07, 6.45) is 7.92. The molecule has 1 aliphatic carbocycles. The zero-order valence-electron chi connectivity index (χ0n) is 19.7. The number of fused-ring (bicyclic) bond motifs is 1. The topological polar surface area (TPSA) is 76.6 Å². The molecule has 1 aliphatic rings. The molecule has 0 N–H and O–H groups in total. The number of para-hydroxylation sites is 1. The van der Waals surface area contributed by atoms with Gasteiger partial charge in [-0.25, -0.2) is 4.98 Å². The zero-order chi connectivity index (χ0) is 24.4. The van der Waals surface area contributed by atoms with E-state index >= 15 is 0 Å². The van der Waals surface area contributed by atoms with Gasteiger partial charge in [-0.05, 0) is 73.2 Å². The molecule has 5 rings (SSSR count). The smallest absolute Gasteiger partial charge is 0.266 e. The van der Waals surface area contributed by atoms with E-state index in [9.17, 15) is 10.1 Å². The van der Waals surface area contributed by atoms with Crippen LogP contribution in [0.3, 0.4) is 0 Å². The SMILES string of the molecule is COc1cccc(/C=C/c2nc3ccc(C)cn3c(=O)c2-c2ccc(C#N)cc2)c1OCC1CC1. The van der Waals surface area contributed by atoms with Crippen molar-refractivity contribution in [1.29, 1.82) is 5.26 Å². The molecule has 2 heterocycles. The second kappa shape index (κ2) is 9.47. The molecule has 0 atom stereocenters. The highest BCUT2D eigenvalue weighted by molar-refractivity contribution is 5.81. The highest BCUT2D eigenvalue weighted by Crippen LogP contribution is 2.36. The van der Waals surface area contributed by atoms with Crippen molar-refractivity contribution in [3.8, 4) is 28.7 Å². The molecular weight excluding hydrogens is 438 g/mol. The van der Waals surface area contributed by atoms with E-state index in [1.807, 2.05) is 49.4 Å². The lowest BCUT2D eigenvalue weighted by Gasteiger charge is -2.13. The third kappa shape index (κ3) is 4.67. The lowest BCUT2D eigenvalue weighted by molar-refractivity contribution is 0.280. The van der Waals surface area contributed by atoms with E-state index in [0.29, 0.717) is 52.1 Å². The summed E-state index contributed by atoms with van der Waals surface area (Å²) in [6.45, 7) is 2.60. The van der Waals surface area contributed by atoms with Crippen molar-refractivity contribution in [2.75, 3.05) is 13.7 Å². The van der Waals surface area contributed by atoms with Gasteiger partial charge < -0.3 is 9.47 Å². The average Bonchev–Trinajstić information content (AvgIpc) is 3.71. The molecule has 0 bridgehead atoms. The van der Waals surface area contributed by atoms with Crippen molar-refractivity contribution in [3.63, 3.8) is 0 Å². The third-order valence-corrected chi connectivity index (χ3v) is 6.11. The number of benzene rings is 2. The first-order valence-electron chi connectivity index (χ1n) is 11.6. The van der Waals surface area contributed by atoms with Crippen molar-refractivity contribution >= 4 is 17.8 Å². The molecule has 35 heavy (non-hydrogen) atoms. The second-order valence-corrected chi connectivity index (χ2v) is 8.77. The van der Waals surface area contributed by atoms with Crippen LogP contribution in [0.1, 0.15) is 35.2 Å². The summed E-state index contributed by atoms with van der Waals surface area (Å²) in [7, 11) is 1.63. The molecule has 1 fully saturated rings. The van der Waals surface area contributed by atoms with E-state index in [1.54, 1.807) is 42.0 Å². The minimum Gasteiger partial charge on any atom is -0.493 e. The average molecular weight is 464 g/mol. The Kier molecular flexibility index (Phi) is 6.07. The van der Waals surface area contributed by atoms with Gasteiger partial charge in [0, 0.05) is 11.8 Å². The molecule has 0 spiro atoms. The largest absolute Gasteiger partial charge is 0.493 e. The number of nitriles is 1. The van der Waals surface area contributed by atoms with Crippen LogP contribution in [0.25, 0.3) is 28.9 Å². The number of methoxy groups -OCH3 is 1. The Labute approximate surface area is 203 Å². The standard InChI is InChI=1S/C29H25N3O3/c1-19-6-15-26-31-24(27(29(33)32(26)17-19)22-11-9-20(16-30)10-12-22)14-13-23-4-3-5-25(34-2)28(23)35-18-21-7-8-21/h3-6,9-15,17,21H,7-8,18H2,1-2H3/b14-13+. The first-order valence-corrected chi connectivity index (χ1v) is 11.6. The van der Waals surface area contributed by atoms with E-state index in [-0.39, 0.29) is 5.56 Å². The number of aromatic nitrogens is 2. The van der Waals surface area contributed by atoms with Gasteiger partial charge in [0.05, 0.1) is 36.6 Å². The maximum atomic E-state index is 13.6. The second-order valence-electron chi connectivity index (χ2n) is 8.77. The molecule has 2 aromatic heterocycles. The molecule has 4 aromatic rings. The Morgan fingerprint density at radius 2 is 1.91 bits per heavy atom. The predicted molar refractivity (Wildman–Crippen MR) is 136 cm³/mol. The number of rotatable bonds is 7. The van der Waals surface area contributed by atoms with Crippen LogP contribution in [-0.4, -0.2) is 23.1 Å². The van der Waals surface area contributed by atoms with Gasteiger partial charge in [0.1, 0.15) is 5.65 Å². The minimum atomic E-state index is -0.168. The Hall–Kier alpha value is -4.37. The highest BCUT2D eigenvalue weighted by Gasteiger charge is 2.23. The summed E-state index contributed by atoms with van der Waals surface area (Å²) < 4.78 is 13.2. The number of aryl methyl sites for hydroxylation is 1. The van der Waals surface area contributed by atoms with Crippen LogP contribution in [0.2, 0.25) is 0 Å². The van der Waals surface area contributed by atoms with Crippen molar-refractivity contribution in [2.45, 2.75) is 19.8 Å². The van der Waals surface area contributed by atoms with Crippen LogP contribution in [0.15, 0.2) is 65.6 Å². The zero-order valence-corrected chi connectivity index (χ0v) is 19.7. The Morgan fingerprint density at radius 3 is 2.63 bits per heavy atom. The molecule has 0 unspecified atom stereocenters. The quantitative estimate of drug-likeness (QED) is 0.361. The normalized spacial score (nSPS) is 13.2. The number of nitrogens with zero attached hydrogens (tertiary/aromatic N) is 3. The molecule has 0 amide bonds. The summed E-state index contributed by atoms with van der Waals surface area (Å²) in [6, 6.07) is 18.6. The van der Waals surface area contributed by atoms with Gasteiger partial charge in [0.25, 0.3) is 5.56 Å². The van der Waals surface area contributed by atoms with Crippen molar-refractivity contribution in [1.82, 2.24) is 9.38 Å². The van der Waals surface area contributed by atoms with Crippen LogP contribution >= 0.6 is 0 Å². The van der Waals surface area contributed by atoms with Gasteiger partial charge >= 0.3 is 0 Å². The lowest BCUT2D eigenvalue weighted by atomic mass is 10.0. The van der Waals surface area contributed by atoms with E-state index in [0.717, 1.165) is 11.1 Å². The maximum Gasteiger partial charge on any atom is 0.266 e. The van der Waals surface area contributed by atoms with Gasteiger partial charge in [-0.1, -0.05) is 30.3 Å². The Bertz CT molecular complexity index is 1520. The lowest BCUT2D eigenvalue weighted by Crippen LogP contribution is -2.19. The fourth-order valence-corrected chi connectivity index (χ4v) is 4.00. The first-order chi connectivity index (χ1) is 17.1. The highest BCUT2D eigenvalue weighted by atomic mass is 16.5. The third-order valence-electron chi connectivity index (χ3n) is 6.11. The fourth-order valence-electron chi connectivity index (χ4n) is 4.00. The van der Waals surface area contributed by atoms with E-state index in [2.05, 4.69) is 6.07 Å². The number of hydrogen-bond acceptors (Lipinski definition) is 5. The Balaban J connectivity index is 1.64. The molecule has 2 aromatic carbocycles. The summed E-state index contributed by atoms with van der Waals surface area (Å²) in [5.74, 6) is 1.96. The van der Waals surface area contributed by atoms with Crippen molar-refractivity contribution in [3.05, 3.63) is 93.5 Å². The number of ether oxygens (including phenoxy) is 2. The van der Waals surface area contributed by atoms with Crippen LogP contribution in [-0.2, 0) is 0 Å². The van der Waals surface area contributed by atoms with Gasteiger partial charge in [0.15, 0.2) is 11.5 Å². The monoisotopic (exact) mass is 463 g/mol. The molecule has 174 valence electrons. The van der Waals surface area contributed by atoms with Crippen molar-refractivity contribution in [2.24, 2.45) is 5.92 Å². The summed E-state index contributed by atoms with van der Waals surface area (Å²) in [4.78, 5) is 18.4. The summed E-state index contributed by atoms with van der Waals surface area (Å²) in [5.41, 5.74) is 4.45. The molecule has 6 heteroatoms. The van der Waals surface area contributed by atoms with Crippen LogP contribution in [0, 0.1) is 24.2 Å². The van der Waals surface area contributed by atoms with Crippen LogP contribution < -0.4 is 15.0 Å². The molecule has 6 nitrogen and oxygen atoms in total. The van der Waals surface area contributed by atoms with Crippen LogP contribution in [0.4, 0.5) is 0 Å². The van der Waals surface area contributed by atoms with Gasteiger partial charge in [-0.15, -0.1) is 0 Å². The summed E-state index contributed by atoms with van der Waals surface area (Å²) >= 11 is 0. The molecule has 1 saturated carbocycles. The molecule has 0 saturated heterocycles. The van der Waals surface area contributed by atoms with Gasteiger partial charge in [-0.2, -0.15) is 5.26 Å². The van der Waals surface area contributed by atoms with Crippen LogP contribution in [0.5, 0.6) is 11.5 Å². The number of pyridine rings is 1. The molecule has 0 aliphatic heterocycles. The summed E-state index contributed by atoms with van der Waals surface area (Å²) in [5, 5.41) is 9.18. The van der Waals surface area contributed by atoms with E-state index in [4.69, 9.17) is 14.5 Å². The van der Waals surface area contributed by atoms with Crippen molar-refractivity contribution < 1.29 is 9.47 Å². The predicted octanol–water partition coefficient (Wildman–Crippen LogP) is 5.51. The molecule has 0 radical (unpaired) electrons. The van der Waals surface area contributed by atoms with E-state index in [1.165, 1.54) is 12.8 Å². The first kappa shape index (κ1) is 22.4. The van der Waals surface area contributed by atoms with E-state index < -0.39 is 0 Å². The molecular formula is C29H25N3O3. The minimum absolute atomic E-state index is 0.168. The fraction of sp³-hybridized carbons (Fsp3) is 0.207. The van der Waals surface area contributed by atoms with Gasteiger partial charge in [-0.3, -0.25) is 9.20 Å². The Morgan fingerprint density at radius 1 is 1.11 bits per heavy atom. The maximum absolute atomic E-state index is 13.6. The number of hydrogen-bond donors (Lipinski definition) is 0.